The average molecular weight is 510 g/mol. The molecule has 2 aliphatic heterocycles. The van der Waals surface area contributed by atoms with Gasteiger partial charge in [0.1, 0.15) is 17.5 Å². The average Bonchev–Trinajstić information content (AvgIpc) is 2.89. The Morgan fingerprint density at radius 3 is 2.70 bits per heavy atom. The zero-order chi connectivity index (χ0) is 26.4. The van der Waals surface area contributed by atoms with Crippen molar-refractivity contribution in [2.75, 3.05) is 46.5 Å². The summed E-state index contributed by atoms with van der Waals surface area (Å²) in [5.74, 6) is 6.19. The quantitative estimate of drug-likeness (QED) is 0.603. The molecule has 1 aromatic carbocycles. The summed E-state index contributed by atoms with van der Waals surface area (Å²) in [5, 5.41) is 9.87. The smallest absolute Gasteiger partial charge is 0.259 e. The van der Waals surface area contributed by atoms with E-state index in [4.69, 9.17) is 9.47 Å². The van der Waals surface area contributed by atoms with E-state index in [2.05, 4.69) is 35.7 Å². The second kappa shape index (κ2) is 12.5. The second-order valence-electron chi connectivity index (χ2n) is 10.2. The van der Waals surface area contributed by atoms with Crippen LogP contribution in [0.25, 0.3) is 0 Å². The Balaban J connectivity index is 1.60. The molecule has 3 atom stereocenters. The molecule has 198 valence electrons. The Morgan fingerprint density at radius 2 is 1.97 bits per heavy atom. The number of carbonyl (C=O) groups excluding carboxylic acids is 1. The van der Waals surface area contributed by atoms with Gasteiger partial charge in [-0.2, -0.15) is 0 Å². The highest BCUT2D eigenvalue weighted by molar-refractivity contribution is 5.97. The monoisotopic (exact) mass is 509 g/mol. The second-order valence-corrected chi connectivity index (χ2v) is 10.2. The first-order chi connectivity index (χ1) is 17.8. The Morgan fingerprint density at radius 1 is 1.22 bits per heavy atom. The van der Waals surface area contributed by atoms with Crippen molar-refractivity contribution in [1.29, 1.82) is 0 Å². The van der Waals surface area contributed by atoms with Crippen LogP contribution in [0, 0.1) is 29.5 Å². The molecule has 0 spiro atoms. The van der Waals surface area contributed by atoms with E-state index in [0.29, 0.717) is 35.7 Å². The summed E-state index contributed by atoms with van der Waals surface area (Å²) in [5.41, 5.74) is 1.37. The Bertz CT molecular complexity index is 1140. The van der Waals surface area contributed by atoms with Crippen molar-refractivity contribution in [3.05, 3.63) is 59.0 Å². The van der Waals surface area contributed by atoms with Crippen LogP contribution in [0.5, 0.6) is 5.88 Å². The maximum Gasteiger partial charge on any atom is 0.259 e. The molecule has 0 radical (unpaired) electrons. The lowest BCUT2D eigenvalue weighted by atomic mass is 9.97. The maximum absolute atomic E-state index is 13.6. The van der Waals surface area contributed by atoms with Gasteiger partial charge in [-0.15, -0.1) is 0 Å². The van der Waals surface area contributed by atoms with Gasteiger partial charge in [0.25, 0.3) is 5.91 Å². The zero-order valence-corrected chi connectivity index (χ0v) is 21.8. The molecule has 0 bridgehead atoms. The molecular formula is C29H36FN3O4. The van der Waals surface area contributed by atoms with E-state index >= 15 is 0 Å². The molecule has 1 aromatic heterocycles. The zero-order valence-electron chi connectivity index (χ0n) is 21.8. The van der Waals surface area contributed by atoms with Crippen molar-refractivity contribution in [3.8, 4) is 17.7 Å². The topological polar surface area (TPSA) is 75.1 Å². The van der Waals surface area contributed by atoms with Crippen molar-refractivity contribution < 1.29 is 23.8 Å². The van der Waals surface area contributed by atoms with Crippen LogP contribution in [-0.2, 0) is 4.74 Å². The van der Waals surface area contributed by atoms with Gasteiger partial charge in [0.2, 0.25) is 5.88 Å². The van der Waals surface area contributed by atoms with Crippen molar-refractivity contribution in [2.24, 2.45) is 11.8 Å². The van der Waals surface area contributed by atoms with E-state index < -0.39 is 0 Å². The summed E-state index contributed by atoms with van der Waals surface area (Å²) in [6.07, 6.45) is 3.51. The molecule has 0 aliphatic carbocycles. The molecule has 8 heteroatoms. The molecule has 0 unspecified atom stereocenters. The molecular weight excluding hydrogens is 473 g/mol. The minimum atomic E-state index is -0.359. The number of hydrogen-bond acceptors (Lipinski definition) is 6. The number of fused-ring (bicyclic) bond motifs is 1. The number of aromatic nitrogens is 1. The Hall–Kier alpha value is -2.99. The van der Waals surface area contributed by atoms with Crippen molar-refractivity contribution in [3.63, 3.8) is 0 Å². The SMILES string of the molecule is C[C@@H]1CN([C@@H](C)CO)C(=O)c2cc(C#Cc3cccc(F)c3)cnc2O[C@H]1CN(C)CC1CCOCC1. The summed E-state index contributed by atoms with van der Waals surface area (Å²) in [6, 6.07) is 7.36. The summed E-state index contributed by atoms with van der Waals surface area (Å²) in [6.45, 7) is 7.49. The van der Waals surface area contributed by atoms with Gasteiger partial charge in [-0.25, -0.2) is 9.37 Å². The highest BCUT2D eigenvalue weighted by Crippen LogP contribution is 2.27. The molecule has 3 heterocycles. The van der Waals surface area contributed by atoms with Gasteiger partial charge < -0.3 is 24.4 Å². The van der Waals surface area contributed by atoms with Crippen LogP contribution in [0.15, 0.2) is 36.5 Å². The molecule has 2 aliphatic rings. The lowest BCUT2D eigenvalue weighted by molar-refractivity contribution is 0.0254. The van der Waals surface area contributed by atoms with E-state index in [1.54, 1.807) is 29.3 Å². The van der Waals surface area contributed by atoms with E-state index in [-0.39, 0.29) is 42.3 Å². The molecule has 2 aromatic rings. The largest absolute Gasteiger partial charge is 0.472 e. The minimum Gasteiger partial charge on any atom is -0.472 e. The van der Waals surface area contributed by atoms with E-state index in [1.807, 2.05) is 6.92 Å². The first-order valence-corrected chi connectivity index (χ1v) is 13.0. The van der Waals surface area contributed by atoms with Gasteiger partial charge in [0.05, 0.1) is 12.6 Å². The van der Waals surface area contributed by atoms with Crippen molar-refractivity contribution >= 4 is 5.91 Å². The van der Waals surface area contributed by atoms with Gasteiger partial charge in [-0.05, 0) is 57.0 Å². The van der Waals surface area contributed by atoms with Crippen LogP contribution >= 0.6 is 0 Å². The number of nitrogens with zero attached hydrogens (tertiary/aromatic N) is 3. The number of amides is 1. The molecule has 4 rings (SSSR count). The first kappa shape index (κ1) is 27.1. The molecule has 1 fully saturated rings. The number of aliphatic hydroxyl groups excluding tert-OH is 1. The number of pyridine rings is 1. The van der Waals surface area contributed by atoms with Gasteiger partial charge in [-0.3, -0.25) is 4.79 Å². The highest BCUT2D eigenvalue weighted by atomic mass is 19.1. The lowest BCUT2D eigenvalue weighted by Gasteiger charge is -2.38. The van der Waals surface area contributed by atoms with Crippen LogP contribution in [0.4, 0.5) is 4.39 Å². The van der Waals surface area contributed by atoms with E-state index in [0.717, 1.165) is 32.6 Å². The molecule has 37 heavy (non-hydrogen) atoms. The van der Waals surface area contributed by atoms with Gasteiger partial charge in [0, 0.05) is 56.1 Å². The maximum atomic E-state index is 13.6. The lowest BCUT2D eigenvalue weighted by Crippen LogP contribution is -2.50. The standard InChI is InChI=1S/C29H36FN3O4/c1-20-16-33(21(2)19-34)29(35)26-14-24(8-7-22-5-4-6-25(30)13-22)15-31-28(26)37-27(20)18-32(3)17-23-9-11-36-12-10-23/h4-6,13-15,20-21,23,27,34H,9-12,16-19H2,1-3H3/t20-,21+,27+/m1/s1. The third-order valence-corrected chi connectivity index (χ3v) is 7.10. The van der Waals surface area contributed by atoms with E-state index in [1.165, 1.54) is 12.1 Å². The number of halogens is 1. The normalized spacial score (nSPS) is 21.4. The van der Waals surface area contributed by atoms with Crippen LogP contribution in [-0.4, -0.2) is 84.4 Å². The third kappa shape index (κ3) is 7.07. The van der Waals surface area contributed by atoms with Crippen molar-refractivity contribution in [1.82, 2.24) is 14.8 Å². The van der Waals surface area contributed by atoms with Gasteiger partial charge in [-0.1, -0.05) is 24.8 Å². The number of hydrogen-bond donors (Lipinski definition) is 1. The fourth-order valence-corrected chi connectivity index (χ4v) is 4.85. The van der Waals surface area contributed by atoms with Crippen molar-refractivity contribution in [2.45, 2.75) is 38.8 Å². The Labute approximate surface area is 218 Å². The molecule has 1 N–H and O–H groups in total. The Kier molecular flexibility index (Phi) is 9.14. The summed E-state index contributed by atoms with van der Waals surface area (Å²) in [7, 11) is 2.10. The first-order valence-electron chi connectivity index (χ1n) is 13.0. The fraction of sp³-hybridized carbons (Fsp3) is 0.517. The number of benzene rings is 1. The number of rotatable bonds is 6. The van der Waals surface area contributed by atoms with Crippen LogP contribution < -0.4 is 4.74 Å². The number of likely N-dealkylation sites (N-methyl/N-ethyl adjacent to an activating group) is 1. The predicted molar refractivity (Wildman–Crippen MR) is 139 cm³/mol. The van der Waals surface area contributed by atoms with Gasteiger partial charge in [0.15, 0.2) is 0 Å². The van der Waals surface area contributed by atoms with Gasteiger partial charge >= 0.3 is 0 Å². The molecule has 0 saturated carbocycles. The van der Waals surface area contributed by atoms with Crippen LogP contribution in [0.3, 0.4) is 0 Å². The number of aliphatic hydroxyl groups is 1. The molecule has 7 nitrogen and oxygen atoms in total. The van der Waals surface area contributed by atoms with Crippen LogP contribution in [0.2, 0.25) is 0 Å². The number of carbonyl (C=O) groups is 1. The molecule has 1 saturated heterocycles. The molecule has 1 amide bonds. The van der Waals surface area contributed by atoms with E-state index in [9.17, 15) is 14.3 Å². The minimum absolute atomic E-state index is 0.0254. The fourth-order valence-electron chi connectivity index (χ4n) is 4.85. The van der Waals surface area contributed by atoms with Crippen LogP contribution in [0.1, 0.15) is 48.2 Å². The number of ether oxygens (including phenoxy) is 2. The highest BCUT2D eigenvalue weighted by Gasteiger charge is 2.34. The summed E-state index contributed by atoms with van der Waals surface area (Å²) in [4.78, 5) is 22.0. The summed E-state index contributed by atoms with van der Waals surface area (Å²) < 4.78 is 25.4. The summed E-state index contributed by atoms with van der Waals surface area (Å²) >= 11 is 0. The third-order valence-electron chi connectivity index (χ3n) is 7.10. The predicted octanol–water partition coefficient (Wildman–Crippen LogP) is 3.20.